The first kappa shape index (κ1) is 14.7. The van der Waals surface area contributed by atoms with Crippen molar-refractivity contribution in [1.82, 2.24) is 19.3 Å². The molecule has 1 fully saturated rings. The number of aromatic nitrogens is 3. The Balaban J connectivity index is 1.71. The summed E-state index contributed by atoms with van der Waals surface area (Å²) >= 11 is 1.37. The van der Waals surface area contributed by atoms with Gasteiger partial charge in [0.2, 0.25) is 0 Å². The van der Waals surface area contributed by atoms with E-state index in [4.69, 9.17) is 0 Å². The SMILES string of the molecule is CCc1ccc(S(=O)(=O)N2CCC(n3nccn3)CC2)s1. The van der Waals surface area contributed by atoms with Crippen molar-refractivity contribution in [2.24, 2.45) is 0 Å². The summed E-state index contributed by atoms with van der Waals surface area (Å²) in [5.74, 6) is 0. The van der Waals surface area contributed by atoms with Gasteiger partial charge in [-0.2, -0.15) is 19.3 Å². The first-order chi connectivity index (χ1) is 10.1. The third kappa shape index (κ3) is 2.88. The van der Waals surface area contributed by atoms with Crippen LogP contribution in [0.2, 0.25) is 0 Å². The van der Waals surface area contributed by atoms with Crippen molar-refractivity contribution < 1.29 is 8.42 Å². The summed E-state index contributed by atoms with van der Waals surface area (Å²) in [6.45, 7) is 3.08. The van der Waals surface area contributed by atoms with Crippen LogP contribution in [0.15, 0.2) is 28.7 Å². The molecule has 1 saturated heterocycles. The van der Waals surface area contributed by atoms with Gasteiger partial charge in [-0.15, -0.1) is 11.3 Å². The Morgan fingerprint density at radius 1 is 1.24 bits per heavy atom. The number of piperidine rings is 1. The Labute approximate surface area is 128 Å². The lowest BCUT2D eigenvalue weighted by Gasteiger charge is -2.30. The van der Waals surface area contributed by atoms with Crippen LogP contribution in [-0.4, -0.2) is 40.8 Å². The van der Waals surface area contributed by atoms with Crippen molar-refractivity contribution in [3.63, 3.8) is 0 Å². The molecule has 2 aromatic rings. The van der Waals surface area contributed by atoms with E-state index in [1.807, 2.05) is 13.0 Å². The standard InChI is InChI=1S/C13H18N4O2S2/c1-2-12-3-4-13(20-12)21(18,19)16-9-5-11(6-10-16)17-14-7-8-15-17/h3-4,7-8,11H,2,5-6,9-10H2,1H3. The van der Waals surface area contributed by atoms with Crippen LogP contribution in [0.3, 0.4) is 0 Å². The van der Waals surface area contributed by atoms with Gasteiger partial charge in [-0.1, -0.05) is 6.92 Å². The van der Waals surface area contributed by atoms with Crippen LogP contribution >= 0.6 is 11.3 Å². The maximum absolute atomic E-state index is 12.6. The molecule has 0 spiro atoms. The minimum absolute atomic E-state index is 0.195. The zero-order valence-corrected chi connectivity index (χ0v) is 13.5. The van der Waals surface area contributed by atoms with Crippen molar-refractivity contribution in [3.8, 4) is 0 Å². The Morgan fingerprint density at radius 3 is 2.48 bits per heavy atom. The van der Waals surface area contributed by atoms with E-state index in [1.54, 1.807) is 27.6 Å². The lowest BCUT2D eigenvalue weighted by atomic mass is 10.1. The van der Waals surface area contributed by atoms with Crippen molar-refractivity contribution in [1.29, 1.82) is 0 Å². The minimum atomic E-state index is -3.34. The average molecular weight is 326 g/mol. The molecule has 8 heteroatoms. The van der Waals surface area contributed by atoms with Crippen LogP contribution in [0, 0.1) is 0 Å². The molecule has 0 N–H and O–H groups in total. The van der Waals surface area contributed by atoms with E-state index >= 15 is 0 Å². The third-order valence-electron chi connectivity index (χ3n) is 3.77. The fourth-order valence-corrected chi connectivity index (χ4v) is 5.46. The minimum Gasteiger partial charge on any atom is -0.206 e. The first-order valence-corrected chi connectivity index (χ1v) is 9.31. The molecule has 114 valence electrons. The number of thiophene rings is 1. The van der Waals surface area contributed by atoms with Crippen molar-refractivity contribution in [2.75, 3.05) is 13.1 Å². The average Bonchev–Trinajstić information content (AvgIpc) is 3.19. The predicted molar refractivity (Wildman–Crippen MR) is 80.7 cm³/mol. The molecule has 0 aromatic carbocycles. The Kier molecular flexibility index (Phi) is 4.10. The van der Waals surface area contributed by atoms with E-state index in [1.165, 1.54) is 11.3 Å². The maximum Gasteiger partial charge on any atom is 0.252 e. The van der Waals surface area contributed by atoms with E-state index in [9.17, 15) is 8.42 Å². The zero-order valence-electron chi connectivity index (χ0n) is 11.8. The van der Waals surface area contributed by atoms with E-state index in [-0.39, 0.29) is 6.04 Å². The quantitative estimate of drug-likeness (QED) is 0.861. The van der Waals surface area contributed by atoms with Crippen molar-refractivity contribution in [3.05, 3.63) is 29.4 Å². The van der Waals surface area contributed by atoms with Crippen LogP contribution in [0.5, 0.6) is 0 Å². The Hall–Kier alpha value is -1.25. The summed E-state index contributed by atoms with van der Waals surface area (Å²) in [6.07, 6.45) is 5.68. The molecule has 21 heavy (non-hydrogen) atoms. The number of nitrogens with zero attached hydrogens (tertiary/aromatic N) is 4. The summed E-state index contributed by atoms with van der Waals surface area (Å²) in [4.78, 5) is 2.79. The lowest BCUT2D eigenvalue weighted by Crippen LogP contribution is -2.39. The van der Waals surface area contributed by atoms with E-state index in [0.29, 0.717) is 17.3 Å². The Morgan fingerprint density at radius 2 is 1.90 bits per heavy atom. The van der Waals surface area contributed by atoms with Crippen molar-refractivity contribution in [2.45, 2.75) is 36.4 Å². The zero-order chi connectivity index (χ0) is 14.9. The second kappa shape index (κ2) is 5.86. The largest absolute Gasteiger partial charge is 0.252 e. The first-order valence-electron chi connectivity index (χ1n) is 7.06. The lowest BCUT2D eigenvalue weighted by molar-refractivity contribution is 0.245. The molecule has 0 aliphatic carbocycles. The number of hydrogen-bond acceptors (Lipinski definition) is 5. The van der Waals surface area contributed by atoms with Gasteiger partial charge in [-0.05, 0) is 31.4 Å². The molecule has 0 radical (unpaired) electrons. The molecule has 0 bridgehead atoms. The summed E-state index contributed by atoms with van der Waals surface area (Å²) in [5, 5.41) is 8.28. The Bertz CT molecular complexity index is 686. The molecule has 0 saturated carbocycles. The summed E-state index contributed by atoms with van der Waals surface area (Å²) in [5.41, 5.74) is 0. The van der Waals surface area contributed by atoms with Gasteiger partial charge in [0.05, 0.1) is 18.4 Å². The normalized spacial score (nSPS) is 18.1. The van der Waals surface area contributed by atoms with Gasteiger partial charge < -0.3 is 0 Å². The van der Waals surface area contributed by atoms with Crippen LogP contribution in [0.25, 0.3) is 0 Å². The summed E-state index contributed by atoms with van der Waals surface area (Å²) < 4.78 is 27.3. The highest BCUT2D eigenvalue weighted by molar-refractivity contribution is 7.91. The highest BCUT2D eigenvalue weighted by Crippen LogP contribution is 2.29. The fraction of sp³-hybridized carbons (Fsp3) is 0.538. The summed E-state index contributed by atoms with van der Waals surface area (Å²) in [7, 11) is -3.34. The van der Waals surface area contributed by atoms with E-state index in [0.717, 1.165) is 24.1 Å². The van der Waals surface area contributed by atoms with Crippen LogP contribution < -0.4 is 0 Å². The van der Waals surface area contributed by atoms with Gasteiger partial charge in [0.1, 0.15) is 4.21 Å². The molecular weight excluding hydrogens is 308 g/mol. The van der Waals surface area contributed by atoms with E-state index < -0.39 is 10.0 Å². The number of hydrogen-bond donors (Lipinski definition) is 0. The van der Waals surface area contributed by atoms with Gasteiger partial charge >= 0.3 is 0 Å². The molecular formula is C13H18N4O2S2. The molecule has 0 atom stereocenters. The summed E-state index contributed by atoms with van der Waals surface area (Å²) in [6, 6.07) is 3.82. The maximum atomic E-state index is 12.6. The van der Waals surface area contributed by atoms with Gasteiger partial charge in [-0.3, -0.25) is 0 Å². The molecule has 2 aromatic heterocycles. The molecule has 1 aliphatic heterocycles. The molecule has 0 unspecified atom stereocenters. The van der Waals surface area contributed by atoms with Crippen molar-refractivity contribution >= 4 is 21.4 Å². The number of sulfonamides is 1. The predicted octanol–water partition coefficient (Wildman–Crippen LogP) is 1.93. The molecule has 0 amide bonds. The fourth-order valence-electron chi connectivity index (χ4n) is 2.54. The topological polar surface area (TPSA) is 68.1 Å². The highest BCUT2D eigenvalue weighted by atomic mass is 32.2. The van der Waals surface area contributed by atoms with Gasteiger partial charge in [0, 0.05) is 18.0 Å². The monoisotopic (exact) mass is 326 g/mol. The number of aryl methyl sites for hydroxylation is 1. The molecule has 3 rings (SSSR count). The smallest absolute Gasteiger partial charge is 0.206 e. The highest BCUT2D eigenvalue weighted by Gasteiger charge is 2.31. The van der Waals surface area contributed by atoms with Crippen LogP contribution in [0.1, 0.15) is 30.7 Å². The van der Waals surface area contributed by atoms with Gasteiger partial charge in [0.15, 0.2) is 0 Å². The second-order valence-electron chi connectivity index (χ2n) is 5.06. The molecule has 3 heterocycles. The van der Waals surface area contributed by atoms with Crippen LogP contribution in [0.4, 0.5) is 0 Å². The van der Waals surface area contributed by atoms with Gasteiger partial charge in [-0.25, -0.2) is 8.42 Å². The van der Waals surface area contributed by atoms with Gasteiger partial charge in [0.25, 0.3) is 10.0 Å². The number of rotatable bonds is 4. The molecule has 6 nitrogen and oxygen atoms in total. The third-order valence-corrected chi connectivity index (χ3v) is 7.36. The molecule has 1 aliphatic rings. The van der Waals surface area contributed by atoms with Crippen LogP contribution in [-0.2, 0) is 16.4 Å². The second-order valence-corrected chi connectivity index (χ2v) is 8.39. The van der Waals surface area contributed by atoms with E-state index in [2.05, 4.69) is 10.2 Å².